The molecule has 1 atom stereocenters. The average molecular weight is 396 g/mol. The molecule has 2 amide bonds. The van der Waals surface area contributed by atoms with Crippen molar-refractivity contribution in [3.05, 3.63) is 30.1 Å². The van der Waals surface area contributed by atoms with E-state index in [1.807, 2.05) is 12.1 Å². The molecular formula is C19H29N3O4S. The Bertz CT molecular complexity index is 632. The molecule has 150 valence electrons. The summed E-state index contributed by atoms with van der Waals surface area (Å²) in [5.41, 5.74) is 0.442. The van der Waals surface area contributed by atoms with Crippen LogP contribution < -0.4 is 5.32 Å². The summed E-state index contributed by atoms with van der Waals surface area (Å²) < 4.78 is 5.29. The first-order valence-electron chi connectivity index (χ1n) is 8.89. The van der Waals surface area contributed by atoms with Crippen LogP contribution in [0.5, 0.6) is 0 Å². The van der Waals surface area contributed by atoms with Crippen LogP contribution in [-0.4, -0.2) is 57.5 Å². The van der Waals surface area contributed by atoms with Crippen LogP contribution in [0, 0.1) is 0 Å². The minimum Gasteiger partial charge on any atom is -0.458 e. The molecule has 1 heterocycles. The van der Waals surface area contributed by atoms with Crippen LogP contribution >= 0.6 is 11.8 Å². The maximum atomic E-state index is 12.6. The second kappa shape index (κ2) is 10.9. The second-order valence-corrected chi connectivity index (χ2v) is 8.41. The molecule has 0 spiro atoms. The quantitative estimate of drug-likeness (QED) is 0.681. The van der Waals surface area contributed by atoms with Crippen LogP contribution in [0.25, 0.3) is 0 Å². The normalized spacial score (nSPS) is 12.2. The van der Waals surface area contributed by atoms with Gasteiger partial charge in [-0.25, -0.2) is 9.59 Å². The van der Waals surface area contributed by atoms with Crippen LogP contribution in [0.2, 0.25) is 0 Å². The summed E-state index contributed by atoms with van der Waals surface area (Å²) in [5.74, 6) is 0.0166. The van der Waals surface area contributed by atoms with E-state index in [-0.39, 0.29) is 11.1 Å². The first kappa shape index (κ1) is 23.0. The highest BCUT2D eigenvalue weighted by molar-refractivity contribution is 8.13. The third-order valence-corrected chi connectivity index (χ3v) is 4.27. The lowest BCUT2D eigenvalue weighted by molar-refractivity contribution is -0.156. The van der Waals surface area contributed by atoms with Gasteiger partial charge in [0.25, 0.3) is 0 Å². The molecule has 1 aromatic heterocycles. The number of urea groups is 1. The number of carbonyl (C=O) groups is 3. The zero-order valence-corrected chi connectivity index (χ0v) is 17.5. The fourth-order valence-electron chi connectivity index (χ4n) is 2.15. The Kier molecular flexibility index (Phi) is 9.28. The maximum Gasteiger partial charge on any atom is 0.328 e. The Balaban J connectivity index is 2.67. The molecule has 27 heavy (non-hydrogen) atoms. The van der Waals surface area contributed by atoms with Gasteiger partial charge in [-0.2, -0.15) is 0 Å². The largest absolute Gasteiger partial charge is 0.458 e. The van der Waals surface area contributed by atoms with Gasteiger partial charge in [0.1, 0.15) is 11.6 Å². The highest BCUT2D eigenvalue weighted by atomic mass is 32.2. The maximum absolute atomic E-state index is 12.6. The van der Waals surface area contributed by atoms with Crippen molar-refractivity contribution >= 4 is 28.9 Å². The highest BCUT2D eigenvalue weighted by Gasteiger charge is 2.24. The topological polar surface area (TPSA) is 88.6 Å². The Morgan fingerprint density at radius 1 is 1.22 bits per heavy atom. The number of hydrogen-bond acceptors (Lipinski definition) is 6. The fourth-order valence-corrected chi connectivity index (χ4v) is 2.75. The molecule has 0 aliphatic carbocycles. The summed E-state index contributed by atoms with van der Waals surface area (Å²) in [7, 11) is 0. The Morgan fingerprint density at radius 3 is 2.41 bits per heavy atom. The Hall–Kier alpha value is -2.09. The van der Waals surface area contributed by atoms with Crippen molar-refractivity contribution in [3.8, 4) is 0 Å². The van der Waals surface area contributed by atoms with Gasteiger partial charge < -0.3 is 15.0 Å². The van der Waals surface area contributed by atoms with Crippen molar-refractivity contribution in [1.29, 1.82) is 0 Å². The number of hydrogen-bond donors (Lipinski definition) is 1. The van der Waals surface area contributed by atoms with Crippen LogP contribution in [0.15, 0.2) is 24.5 Å². The van der Waals surface area contributed by atoms with Gasteiger partial charge in [0.2, 0.25) is 0 Å². The lowest BCUT2D eigenvalue weighted by Crippen LogP contribution is -2.49. The molecule has 0 fully saturated rings. The summed E-state index contributed by atoms with van der Waals surface area (Å²) in [6, 6.07) is 2.67. The summed E-state index contributed by atoms with van der Waals surface area (Å²) in [4.78, 5) is 41.4. The van der Waals surface area contributed by atoms with E-state index in [1.54, 1.807) is 45.0 Å². The van der Waals surface area contributed by atoms with E-state index in [0.29, 0.717) is 25.3 Å². The highest BCUT2D eigenvalue weighted by Crippen LogP contribution is 2.09. The molecule has 8 heteroatoms. The summed E-state index contributed by atoms with van der Waals surface area (Å²) in [6.45, 7) is 9.30. The van der Waals surface area contributed by atoms with Gasteiger partial charge in [-0.05, 0) is 51.8 Å². The van der Waals surface area contributed by atoms with Crippen molar-refractivity contribution in [2.75, 3.05) is 18.8 Å². The Morgan fingerprint density at radius 2 is 1.85 bits per heavy atom. The number of amides is 2. The van der Waals surface area contributed by atoms with Crippen LogP contribution in [0.4, 0.5) is 4.79 Å². The van der Waals surface area contributed by atoms with Gasteiger partial charge in [0, 0.05) is 38.2 Å². The van der Waals surface area contributed by atoms with E-state index in [9.17, 15) is 14.4 Å². The molecule has 7 nitrogen and oxygen atoms in total. The van der Waals surface area contributed by atoms with Crippen LogP contribution in [0.3, 0.4) is 0 Å². The molecule has 0 aromatic carbocycles. The molecule has 0 radical (unpaired) electrons. The smallest absolute Gasteiger partial charge is 0.328 e. The minimum atomic E-state index is -0.763. The van der Waals surface area contributed by atoms with E-state index < -0.39 is 17.6 Å². The number of ether oxygens (including phenoxy) is 1. The number of nitrogens with zero attached hydrogens (tertiary/aromatic N) is 2. The first-order chi connectivity index (χ1) is 12.6. The number of rotatable bonds is 8. The molecule has 0 aliphatic rings. The molecule has 0 bridgehead atoms. The number of pyridine rings is 1. The molecule has 0 unspecified atom stereocenters. The zero-order chi connectivity index (χ0) is 20.4. The van der Waals surface area contributed by atoms with Gasteiger partial charge in [0.05, 0.1) is 0 Å². The average Bonchev–Trinajstić information content (AvgIpc) is 2.56. The van der Waals surface area contributed by atoms with Crippen molar-refractivity contribution in [3.63, 3.8) is 0 Å². The zero-order valence-electron chi connectivity index (χ0n) is 16.7. The van der Waals surface area contributed by atoms with E-state index in [1.165, 1.54) is 18.7 Å². The number of carbonyl (C=O) groups excluding carboxylic acids is 3. The minimum absolute atomic E-state index is 0.00612. The molecular weight excluding hydrogens is 366 g/mol. The van der Waals surface area contributed by atoms with Crippen molar-refractivity contribution in [2.45, 2.75) is 52.7 Å². The van der Waals surface area contributed by atoms with E-state index in [2.05, 4.69) is 10.3 Å². The van der Waals surface area contributed by atoms with Crippen molar-refractivity contribution in [1.82, 2.24) is 15.2 Å². The third-order valence-electron chi connectivity index (χ3n) is 3.47. The molecule has 1 aromatic rings. The predicted molar refractivity (Wildman–Crippen MR) is 106 cm³/mol. The number of esters is 1. The number of nitrogens with one attached hydrogen (secondary N) is 1. The van der Waals surface area contributed by atoms with Gasteiger partial charge >= 0.3 is 12.0 Å². The SMILES string of the molecule is CC(=O)SCCN(CCc1ccncc1)C(=O)N[C@@H](C)C(=O)OC(C)(C)C. The van der Waals surface area contributed by atoms with Crippen molar-refractivity contribution < 1.29 is 19.1 Å². The third kappa shape index (κ3) is 9.98. The standard InChI is InChI=1S/C19H29N3O4S/c1-14(17(24)26-19(3,4)5)21-18(25)22(12-13-27-15(2)23)11-8-16-6-9-20-10-7-16/h6-7,9-10,14H,8,11-13H2,1-5H3,(H,21,25)/t14-/m0/s1. The lowest BCUT2D eigenvalue weighted by Gasteiger charge is -2.26. The summed E-state index contributed by atoms with van der Waals surface area (Å²) in [6.07, 6.45) is 4.06. The summed E-state index contributed by atoms with van der Waals surface area (Å²) >= 11 is 1.17. The summed E-state index contributed by atoms with van der Waals surface area (Å²) in [5, 5.41) is 2.69. The van der Waals surface area contributed by atoms with E-state index in [4.69, 9.17) is 4.74 Å². The molecule has 1 N–H and O–H groups in total. The van der Waals surface area contributed by atoms with E-state index >= 15 is 0 Å². The number of aromatic nitrogens is 1. The van der Waals surface area contributed by atoms with Gasteiger partial charge in [0.15, 0.2) is 5.12 Å². The predicted octanol–water partition coefficient (Wildman–Crippen LogP) is 2.65. The van der Waals surface area contributed by atoms with E-state index in [0.717, 1.165) is 5.56 Å². The van der Waals surface area contributed by atoms with Crippen LogP contribution in [0.1, 0.15) is 40.2 Å². The van der Waals surface area contributed by atoms with Gasteiger partial charge in [-0.3, -0.25) is 9.78 Å². The van der Waals surface area contributed by atoms with Crippen molar-refractivity contribution in [2.24, 2.45) is 0 Å². The molecule has 0 saturated carbocycles. The molecule has 1 rings (SSSR count). The lowest BCUT2D eigenvalue weighted by atomic mass is 10.2. The first-order valence-corrected chi connectivity index (χ1v) is 9.87. The van der Waals surface area contributed by atoms with Gasteiger partial charge in [-0.15, -0.1) is 0 Å². The van der Waals surface area contributed by atoms with Gasteiger partial charge in [-0.1, -0.05) is 11.8 Å². The Labute approximate surface area is 165 Å². The fraction of sp³-hybridized carbons (Fsp3) is 0.579. The second-order valence-electron chi connectivity index (χ2n) is 7.14. The number of thioether (sulfide) groups is 1. The monoisotopic (exact) mass is 395 g/mol. The van der Waals surface area contributed by atoms with Crippen LogP contribution in [-0.2, 0) is 20.7 Å². The molecule has 0 aliphatic heterocycles. The molecule has 0 saturated heterocycles.